The quantitative estimate of drug-likeness (QED) is 0.384. The van der Waals surface area contributed by atoms with Gasteiger partial charge in [-0.15, -0.1) is 0 Å². The van der Waals surface area contributed by atoms with E-state index in [9.17, 15) is 0 Å². The molecule has 0 aliphatic carbocycles. The summed E-state index contributed by atoms with van der Waals surface area (Å²) in [5, 5.41) is 0. The minimum atomic E-state index is 0. The minimum absolute atomic E-state index is 0. The Kier molecular flexibility index (Phi) is 1860. The molecular formula is H7CaNO3. The summed E-state index contributed by atoms with van der Waals surface area (Å²) >= 11 is 0. The summed E-state index contributed by atoms with van der Waals surface area (Å²) in [6.45, 7) is 0. The third kappa shape index (κ3) is 40.5. The summed E-state index contributed by atoms with van der Waals surface area (Å²) in [7, 11) is 0. The zero-order valence-electron chi connectivity index (χ0n) is 2.81. The molecule has 32 valence electrons. The molecule has 0 radical (unpaired) electrons. The van der Waals surface area contributed by atoms with Gasteiger partial charge in [0.1, 0.15) is 0 Å². The second kappa shape index (κ2) is 70.9. The zero-order chi connectivity index (χ0) is 0. The molecule has 0 saturated carbocycles. The topological polar surface area (TPSA) is 126 Å². The molecule has 0 heterocycles. The Morgan fingerprint density at radius 1 is 0.800 bits per heavy atom. The van der Waals surface area contributed by atoms with Crippen molar-refractivity contribution < 1.29 is 16.4 Å². The minimum Gasteiger partial charge on any atom is -0.870 e. The van der Waals surface area contributed by atoms with Gasteiger partial charge in [-0.05, 0) is 0 Å². The van der Waals surface area contributed by atoms with Crippen LogP contribution in [0.3, 0.4) is 0 Å². The van der Waals surface area contributed by atoms with Gasteiger partial charge < -0.3 is 22.6 Å². The Balaban J connectivity index is 0. The average molecular weight is 109 g/mol. The average Bonchev–Trinajstić information content (AvgIpc) is 0. The van der Waals surface area contributed by atoms with E-state index in [0.717, 1.165) is 0 Å². The van der Waals surface area contributed by atoms with E-state index in [1.54, 1.807) is 0 Å². The van der Waals surface area contributed by atoms with Gasteiger partial charge in [0, 0.05) is 0 Å². The molecule has 4 nitrogen and oxygen atoms in total. The van der Waals surface area contributed by atoms with Crippen LogP contribution in [-0.4, -0.2) is 54.2 Å². The molecule has 0 spiro atoms. The maximum absolute atomic E-state index is 0. The van der Waals surface area contributed by atoms with Crippen LogP contribution >= 0.6 is 0 Å². The van der Waals surface area contributed by atoms with Crippen molar-refractivity contribution in [2.45, 2.75) is 0 Å². The van der Waals surface area contributed by atoms with Crippen LogP contribution in [0.25, 0.3) is 0 Å². The Morgan fingerprint density at radius 2 is 0.800 bits per heavy atom. The largest absolute Gasteiger partial charge is 2.00 e. The molecule has 0 rings (SSSR count). The van der Waals surface area contributed by atoms with Crippen LogP contribution < -0.4 is 6.15 Å². The van der Waals surface area contributed by atoms with E-state index in [1.807, 2.05) is 0 Å². The van der Waals surface area contributed by atoms with E-state index in [1.165, 1.54) is 0 Å². The van der Waals surface area contributed by atoms with Crippen molar-refractivity contribution in [1.29, 1.82) is 0 Å². The molecule has 0 aromatic rings. The van der Waals surface area contributed by atoms with Crippen LogP contribution in [0.5, 0.6) is 0 Å². The van der Waals surface area contributed by atoms with Gasteiger partial charge in [0.15, 0.2) is 0 Å². The van der Waals surface area contributed by atoms with E-state index in [-0.39, 0.29) is 60.3 Å². The van der Waals surface area contributed by atoms with Crippen molar-refractivity contribution in [2.24, 2.45) is 0 Å². The third-order valence-corrected chi connectivity index (χ3v) is 0. The van der Waals surface area contributed by atoms with Gasteiger partial charge in [-0.3, -0.25) is 0 Å². The van der Waals surface area contributed by atoms with Gasteiger partial charge in [0.2, 0.25) is 0 Å². The molecule has 0 atom stereocenters. The summed E-state index contributed by atoms with van der Waals surface area (Å²) in [6, 6.07) is 0. The Morgan fingerprint density at radius 3 is 0.800 bits per heavy atom. The first-order valence-electron chi connectivity index (χ1n) is 0. The van der Waals surface area contributed by atoms with Crippen LogP contribution in [-0.2, 0) is 0 Å². The molecule has 0 fully saturated rings. The van der Waals surface area contributed by atoms with Crippen molar-refractivity contribution in [3.8, 4) is 0 Å². The number of hydrogen-bond donors (Lipinski definition) is 1. The van der Waals surface area contributed by atoms with Crippen molar-refractivity contribution in [3.05, 3.63) is 0 Å². The summed E-state index contributed by atoms with van der Waals surface area (Å²) in [5.41, 5.74) is 0. The number of rotatable bonds is 0. The molecule has 5 heteroatoms. The van der Waals surface area contributed by atoms with Gasteiger partial charge >= 0.3 is 37.7 Å². The van der Waals surface area contributed by atoms with E-state index in [0.29, 0.717) is 0 Å². The van der Waals surface area contributed by atoms with Crippen LogP contribution in [0, 0.1) is 0 Å². The molecule has 0 bridgehead atoms. The molecule has 0 aromatic heterocycles. The molecule has 0 aliphatic rings. The zero-order valence-corrected chi connectivity index (χ0v) is 5.02. The molecular weight excluding hydrogens is 102 g/mol. The first kappa shape index (κ1) is 131. The van der Waals surface area contributed by atoms with Gasteiger partial charge in [-0.2, -0.15) is 0 Å². The Hall–Kier alpha value is 1.10. The molecule has 0 unspecified atom stereocenters. The Bertz CT molecular complexity index is 6.85. The first-order valence-corrected chi connectivity index (χ1v) is 0. The third-order valence-electron chi connectivity index (χ3n) is 0. The predicted molar refractivity (Wildman–Crippen MR) is 18.3 cm³/mol. The van der Waals surface area contributed by atoms with Crippen molar-refractivity contribution >= 4 is 37.7 Å². The van der Waals surface area contributed by atoms with Crippen molar-refractivity contribution in [3.63, 3.8) is 0 Å². The monoisotopic (exact) mass is 109 g/mol. The maximum atomic E-state index is 0. The second-order valence-electron chi connectivity index (χ2n) is 0. The fraction of sp³-hybridized carbons (Fsp3) is 0. The summed E-state index contributed by atoms with van der Waals surface area (Å²) in [5.74, 6) is 0. The van der Waals surface area contributed by atoms with Gasteiger partial charge in [-0.1, -0.05) is 0 Å². The van der Waals surface area contributed by atoms with E-state index in [2.05, 4.69) is 0 Å². The van der Waals surface area contributed by atoms with Crippen LogP contribution in [0.1, 0.15) is 0 Å². The first-order chi connectivity index (χ1) is 0. The molecule has 0 amide bonds. The smallest absolute Gasteiger partial charge is 0.870 e. The maximum Gasteiger partial charge on any atom is 2.00 e. The van der Waals surface area contributed by atoms with Gasteiger partial charge in [0.05, 0.1) is 0 Å². The predicted octanol–water partition coefficient (Wildman–Crippen LogP) is -1.40. The summed E-state index contributed by atoms with van der Waals surface area (Å²) < 4.78 is 0. The SMILES string of the molecule is N.O.[Ca+2].[OH-].[OH-]. The normalized spacial score (nSPS) is 0. The Labute approximate surface area is 60.1 Å². The van der Waals surface area contributed by atoms with E-state index >= 15 is 0 Å². The van der Waals surface area contributed by atoms with Crippen LogP contribution in [0.4, 0.5) is 0 Å². The molecule has 0 aromatic carbocycles. The fourth-order valence-corrected chi connectivity index (χ4v) is 0. The van der Waals surface area contributed by atoms with E-state index in [4.69, 9.17) is 0 Å². The van der Waals surface area contributed by atoms with Crippen molar-refractivity contribution in [2.75, 3.05) is 0 Å². The molecule has 0 aliphatic heterocycles. The van der Waals surface area contributed by atoms with E-state index < -0.39 is 0 Å². The van der Waals surface area contributed by atoms with Crippen molar-refractivity contribution in [1.82, 2.24) is 6.15 Å². The second-order valence-corrected chi connectivity index (χ2v) is 0. The summed E-state index contributed by atoms with van der Waals surface area (Å²) in [6.07, 6.45) is 0. The standard InChI is InChI=1S/Ca.H3N.3H2O/h;1H3;3*1H2/q+2;;;;/p-2. The van der Waals surface area contributed by atoms with Gasteiger partial charge in [-0.25, -0.2) is 0 Å². The van der Waals surface area contributed by atoms with Crippen LogP contribution in [0.15, 0.2) is 0 Å². The van der Waals surface area contributed by atoms with Crippen LogP contribution in [0.2, 0.25) is 0 Å². The summed E-state index contributed by atoms with van der Waals surface area (Å²) in [4.78, 5) is 0. The number of hydrogen-bond acceptors (Lipinski definition) is 3. The molecule has 5 heavy (non-hydrogen) atoms. The van der Waals surface area contributed by atoms with Gasteiger partial charge in [0.25, 0.3) is 0 Å². The molecule has 7 N–H and O–H groups in total. The fourth-order valence-electron chi connectivity index (χ4n) is 0. The molecule has 0 saturated heterocycles.